The van der Waals surface area contributed by atoms with Gasteiger partial charge in [-0.1, -0.05) is 34.1 Å². The maximum absolute atomic E-state index is 13.6. The maximum atomic E-state index is 13.6. The summed E-state index contributed by atoms with van der Waals surface area (Å²) in [6.07, 6.45) is 3.25. The number of hydrogen-bond acceptors (Lipinski definition) is 3. The third kappa shape index (κ3) is 1.97. The first-order valence-electron chi connectivity index (χ1n) is 6.05. The molecule has 1 fully saturated rings. The van der Waals surface area contributed by atoms with E-state index < -0.39 is 0 Å². The minimum Gasteiger partial charge on any atom is -0.379 e. The van der Waals surface area contributed by atoms with Crippen LogP contribution in [0.3, 0.4) is 0 Å². The lowest BCUT2D eigenvalue weighted by Gasteiger charge is -2.36. The average molecular weight is 329 g/mol. The molecule has 2 N–H and O–H groups in total. The molecule has 0 aromatic heterocycles. The highest BCUT2D eigenvalue weighted by Gasteiger charge is 2.46. The van der Waals surface area contributed by atoms with Crippen LogP contribution in [0, 0.1) is 11.7 Å². The van der Waals surface area contributed by atoms with Gasteiger partial charge in [-0.3, -0.25) is 4.99 Å². The van der Waals surface area contributed by atoms with Crippen LogP contribution in [0.5, 0.6) is 0 Å². The molecule has 0 spiro atoms. The van der Waals surface area contributed by atoms with E-state index in [2.05, 4.69) is 15.9 Å². The number of amidine groups is 1. The molecule has 96 valence electrons. The van der Waals surface area contributed by atoms with Crippen LogP contribution in [-0.2, 0) is 5.54 Å². The number of thioether (sulfide) groups is 1. The van der Waals surface area contributed by atoms with Gasteiger partial charge in [0, 0.05) is 10.2 Å². The van der Waals surface area contributed by atoms with Crippen molar-refractivity contribution < 1.29 is 4.39 Å². The van der Waals surface area contributed by atoms with Crippen molar-refractivity contribution in [3.8, 4) is 0 Å². The summed E-state index contributed by atoms with van der Waals surface area (Å²) >= 11 is 4.98. The van der Waals surface area contributed by atoms with Crippen LogP contribution in [0.4, 0.5) is 4.39 Å². The molecule has 0 saturated heterocycles. The molecule has 0 bridgehead atoms. The highest BCUT2D eigenvalue weighted by molar-refractivity contribution is 9.10. The molecular weight excluding hydrogens is 315 g/mol. The summed E-state index contributed by atoms with van der Waals surface area (Å²) in [5.41, 5.74) is 6.56. The van der Waals surface area contributed by atoms with Crippen molar-refractivity contribution in [3.63, 3.8) is 0 Å². The molecule has 1 aliphatic heterocycles. The normalized spacial score (nSPS) is 31.0. The Labute approximate surface area is 118 Å². The summed E-state index contributed by atoms with van der Waals surface area (Å²) in [6, 6.07) is 5.07. The molecule has 1 aromatic rings. The second-order valence-electron chi connectivity index (χ2n) is 4.93. The standard InChI is InChI=1S/C13H14BrFN2S/c14-10-4-9(5-11(15)6-10)13-3-1-2-8(13)7-18-12(16)17-13/h4-6,8H,1-3,7H2,(H2,16,17)/t8-,13?/m0/s1. The van der Waals surface area contributed by atoms with Crippen LogP contribution in [0.15, 0.2) is 27.7 Å². The highest BCUT2D eigenvalue weighted by Crippen LogP contribution is 2.51. The van der Waals surface area contributed by atoms with Crippen LogP contribution < -0.4 is 5.73 Å². The van der Waals surface area contributed by atoms with Crippen LogP contribution in [0.2, 0.25) is 0 Å². The van der Waals surface area contributed by atoms with E-state index in [1.54, 1.807) is 17.8 Å². The van der Waals surface area contributed by atoms with E-state index in [1.807, 2.05) is 6.07 Å². The Bertz CT molecular complexity index is 499. The first kappa shape index (κ1) is 12.5. The van der Waals surface area contributed by atoms with Gasteiger partial charge in [0.1, 0.15) is 5.82 Å². The number of benzene rings is 1. The minimum atomic E-state index is -0.292. The summed E-state index contributed by atoms with van der Waals surface area (Å²) in [5, 5.41) is 0.633. The third-order valence-corrected chi connectivity index (χ3v) is 5.30. The highest BCUT2D eigenvalue weighted by atomic mass is 79.9. The molecule has 0 radical (unpaired) electrons. The molecule has 1 aromatic carbocycles. The van der Waals surface area contributed by atoms with Gasteiger partial charge in [-0.15, -0.1) is 0 Å². The van der Waals surface area contributed by atoms with Crippen molar-refractivity contribution in [3.05, 3.63) is 34.1 Å². The molecule has 1 saturated carbocycles. The largest absolute Gasteiger partial charge is 0.379 e. The van der Waals surface area contributed by atoms with Gasteiger partial charge in [0.25, 0.3) is 0 Å². The molecule has 1 heterocycles. The van der Waals surface area contributed by atoms with Crippen molar-refractivity contribution in [2.45, 2.75) is 24.8 Å². The molecule has 2 aliphatic rings. The lowest BCUT2D eigenvalue weighted by molar-refractivity contribution is 0.354. The summed E-state index contributed by atoms with van der Waals surface area (Å²) in [6.45, 7) is 0. The van der Waals surface area contributed by atoms with Crippen LogP contribution >= 0.6 is 27.7 Å². The van der Waals surface area contributed by atoms with E-state index in [0.717, 1.165) is 35.1 Å². The Morgan fingerprint density at radius 3 is 3.06 bits per heavy atom. The fourth-order valence-corrected chi connectivity index (χ4v) is 4.60. The number of halogens is 2. The molecule has 0 amide bonds. The summed E-state index contributed by atoms with van der Waals surface area (Å²) in [5.74, 6) is 1.25. The second kappa shape index (κ2) is 4.53. The Hall–Kier alpha value is -0.550. The van der Waals surface area contributed by atoms with Crippen molar-refractivity contribution in [1.82, 2.24) is 0 Å². The SMILES string of the molecule is NC1=NC2(c3cc(F)cc(Br)c3)CCC[C@H]2CS1. The second-order valence-corrected chi connectivity index (χ2v) is 6.89. The number of nitrogens with zero attached hydrogens (tertiary/aromatic N) is 1. The van der Waals surface area contributed by atoms with E-state index >= 15 is 0 Å². The monoisotopic (exact) mass is 328 g/mol. The van der Waals surface area contributed by atoms with E-state index in [0.29, 0.717) is 11.1 Å². The predicted octanol–water partition coefficient (Wildman–Crippen LogP) is 3.65. The van der Waals surface area contributed by atoms with E-state index in [1.165, 1.54) is 6.07 Å². The average Bonchev–Trinajstić information content (AvgIpc) is 2.71. The third-order valence-electron chi connectivity index (χ3n) is 3.89. The van der Waals surface area contributed by atoms with Crippen LogP contribution in [0.1, 0.15) is 24.8 Å². The molecule has 1 aliphatic carbocycles. The smallest absolute Gasteiger partial charge is 0.154 e. The molecule has 5 heteroatoms. The topological polar surface area (TPSA) is 38.4 Å². The number of aliphatic imine (C=N–C) groups is 1. The van der Waals surface area contributed by atoms with Crippen molar-refractivity contribution in [2.24, 2.45) is 16.6 Å². The number of rotatable bonds is 1. The van der Waals surface area contributed by atoms with Gasteiger partial charge >= 0.3 is 0 Å². The quantitative estimate of drug-likeness (QED) is 0.854. The lowest BCUT2D eigenvalue weighted by atomic mass is 9.81. The zero-order valence-electron chi connectivity index (χ0n) is 9.83. The molecular formula is C13H14BrFN2S. The Kier molecular flexibility index (Phi) is 3.14. The fourth-order valence-electron chi connectivity index (χ4n) is 3.09. The first-order valence-corrected chi connectivity index (χ1v) is 7.83. The van der Waals surface area contributed by atoms with Gasteiger partial charge in [0.15, 0.2) is 5.17 Å². The van der Waals surface area contributed by atoms with E-state index in [4.69, 9.17) is 10.7 Å². The van der Waals surface area contributed by atoms with Crippen molar-refractivity contribution in [1.29, 1.82) is 0 Å². The number of hydrogen-bond donors (Lipinski definition) is 1. The number of nitrogens with two attached hydrogens (primary N) is 1. The van der Waals surface area contributed by atoms with Crippen molar-refractivity contribution >= 4 is 32.9 Å². The lowest BCUT2D eigenvalue weighted by Crippen LogP contribution is -2.36. The van der Waals surface area contributed by atoms with Gasteiger partial charge in [0.05, 0.1) is 5.54 Å². The van der Waals surface area contributed by atoms with Gasteiger partial charge < -0.3 is 5.73 Å². The Balaban J connectivity index is 2.14. The molecule has 1 unspecified atom stereocenters. The predicted molar refractivity (Wildman–Crippen MR) is 77.2 cm³/mol. The van der Waals surface area contributed by atoms with Crippen LogP contribution in [-0.4, -0.2) is 10.9 Å². The Morgan fingerprint density at radius 2 is 2.28 bits per heavy atom. The summed E-state index contributed by atoms with van der Waals surface area (Å²) in [7, 11) is 0. The fraction of sp³-hybridized carbons (Fsp3) is 0.462. The molecule has 3 rings (SSSR count). The zero-order chi connectivity index (χ0) is 12.8. The Morgan fingerprint density at radius 1 is 1.44 bits per heavy atom. The molecule has 2 atom stereocenters. The molecule has 18 heavy (non-hydrogen) atoms. The molecule has 2 nitrogen and oxygen atoms in total. The van der Waals surface area contributed by atoms with Crippen molar-refractivity contribution in [2.75, 3.05) is 5.75 Å². The van der Waals surface area contributed by atoms with Crippen LogP contribution in [0.25, 0.3) is 0 Å². The number of fused-ring (bicyclic) bond motifs is 1. The minimum absolute atomic E-state index is 0.216. The zero-order valence-corrected chi connectivity index (χ0v) is 12.2. The van der Waals surface area contributed by atoms with Gasteiger partial charge in [0.2, 0.25) is 0 Å². The first-order chi connectivity index (χ1) is 8.60. The van der Waals surface area contributed by atoms with E-state index in [9.17, 15) is 4.39 Å². The van der Waals surface area contributed by atoms with E-state index in [-0.39, 0.29) is 11.4 Å². The van der Waals surface area contributed by atoms with Gasteiger partial charge in [-0.05, 0) is 42.5 Å². The maximum Gasteiger partial charge on any atom is 0.154 e. The van der Waals surface area contributed by atoms with Gasteiger partial charge in [-0.2, -0.15) is 0 Å². The summed E-state index contributed by atoms with van der Waals surface area (Å²) < 4.78 is 14.4. The summed E-state index contributed by atoms with van der Waals surface area (Å²) in [4.78, 5) is 4.70. The van der Waals surface area contributed by atoms with Gasteiger partial charge in [-0.25, -0.2) is 4.39 Å².